The number of amides is 4. The smallest absolute Gasteiger partial charge is 0.325 e. The van der Waals surface area contributed by atoms with Gasteiger partial charge in [-0.15, -0.1) is 0 Å². The monoisotopic (exact) mass is 308 g/mol. The van der Waals surface area contributed by atoms with Gasteiger partial charge < -0.3 is 15.5 Å². The van der Waals surface area contributed by atoms with Crippen molar-refractivity contribution >= 4 is 17.8 Å². The molecule has 0 aromatic carbocycles. The third kappa shape index (κ3) is 2.69. The Morgan fingerprint density at radius 3 is 2.73 bits per heavy atom. The van der Waals surface area contributed by atoms with Gasteiger partial charge in [-0.25, -0.2) is 4.79 Å². The SMILES string of the molecule is C[C@H]1CN(C(=O)CCN2C(=O)NC3(CCCC3)C2=O)CCN1. The molecule has 0 radical (unpaired) electrons. The van der Waals surface area contributed by atoms with Crippen molar-refractivity contribution in [2.75, 3.05) is 26.2 Å². The molecule has 7 heteroatoms. The number of hydrogen-bond donors (Lipinski definition) is 2. The number of rotatable bonds is 3. The van der Waals surface area contributed by atoms with Gasteiger partial charge in [0.25, 0.3) is 5.91 Å². The van der Waals surface area contributed by atoms with Crippen LogP contribution in [0.25, 0.3) is 0 Å². The topological polar surface area (TPSA) is 81.8 Å². The van der Waals surface area contributed by atoms with E-state index in [0.29, 0.717) is 13.1 Å². The zero-order valence-corrected chi connectivity index (χ0v) is 13.1. The van der Waals surface area contributed by atoms with Gasteiger partial charge in [0.15, 0.2) is 0 Å². The van der Waals surface area contributed by atoms with Crippen LogP contribution in [0.4, 0.5) is 4.79 Å². The van der Waals surface area contributed by atoms with Gasteiger partial charge in [0.05, 0.1) is 0 Å². The summed E-state index contributed by atoms with van der Waals surface area (Å²) in [7, 11) is 0. The van der Waals surface area contributed by atoms with E-state index in [1.807, 2.05) is 11.8 Å². The van der Waals surface area contributed by atoms with Gasteiger partial charge in [0, 0.05) is 38.6 Å². The maximum Gasteiger partial charge on any atom is 0.325 e. The number of imide groups is 1. The van der Waals surface area contributed by atoms with E-state index in [4.69, 9.17) is 0 Å². The molecule has 2 saturated heterocycles. The lowest BCUT2D eigenvalue weighted by molar-refractivity contribution is -0.134. The molecular weight excluding hydrogens is 284 g/mol. The highest BCUT2D eigenvalue weighted by atomic mass is 16.2. The molecule has 1 spiro atoms. The number of piperazine rings is 1. The minimum atomic E-state index is -0.677. The van der Waals surface area contributed by atoms with E-state index >= 15 is 0 Å². The van der Waals surface area contributed by atoms with Gasteiger partial charge in [-0.3, -0.25) is 14.5 Å². The molecular formula is C15H24N4O3. The van der Waals surface area contributed by atoms with Crippen molar-refractivity contribution in [1.29, 1.82) is 0 Å². The van der Waals surface area contributed by atoms with E-state index in [9.17, 15) is 14.4 Å². The zero-order valence-electron chi connectivity index (χ0n) is 13.1. The fourth-order valence-corrected chi connectivity index (χ4v) is 3.72. The molecule has 1 atom stereocenters. The Labute approximate surface area is 130 Å². The first-order valence-electron chi connectivity index (χ1n) is 8.17. The number of nitrogens with zero attached hydrogens (tertiary/aromatic N) is 2. The van der Waals surface area contributed by atoms with Crippen LogP contribution in [0.3, 0.4) is 0 Å². The Morgan fingerprint density at radius 1 is 1.32 bits per heavy atom. The Balaban J connectivity index is 1.56. The van der Waals surface area contributed by atoms with Crippen molar-refractivity contribution in [3.05, 3.63) is 0 Å². The minimum Gasteiger partial charge on any atom is -0.340 e. The predicted molar refractivity (Wildman–Crippen MR) is 80.1 cm³/mol. The second-order valence-electron chi connectivity index (χ2n) is 6.62. The van der Waals surface area contributed by atoms with Crippen molar-refractivity contribution < 1.29 is 14.4 Å². The number of urea groups is 1. The van der Waals surface area contributed by atoms with E-state index in [2.05, 4.69) is 10.6 Å². The summed E-state index contributed by atoms with van der Waals surface area (Å²) in [6, 6.07) is -0.0513. The molecule has 22 heavy (non-hydrogen) atoms. The summed E-state index contributed by atoms with van der Waals surface area (Å²) in [4.78, 5) is 39.8. The summed E-state index contributed by atoms with van der Waals surface area (Å²) in [6.45, 7) is 4.39. The van der Waals surface area contributed by atoms with E-state index in [1.165, 1.54) is 4.90 Å². The summed E-state index contributed by atoms with van der Waals surface area (Å²) < 4.78 is 0. The van der Waals surface area contributed by atoms with Crippen LogP contribution in [0.5, 0.6) is 0 Å². The summed E-state index contributed by atoms with van der Waals surface area (Å²) >= 11 is 0. The molecule has 2 N–H and O–H groups in total. The summed E-state index contributed by atoms with van der Waals surface area (Å²) in [5.41, 5.74) is -0.677. The Hall–Kier alpha value is -1.63. The fourth-order valence-electron chi connectivity index (χ4n) is 3.72. The molecule has 0 aromatic rings. The van der Waals surface area contributed by atoms with Crippen LogP contribution in [-0.2, 0) is 9.59 Å². The van der Waals surface area contributed by atoms with Gasteiger partial charge in [-0.05, 0) is 19.8 Å². The van der Waals surface area contributed by atoms with Crippen molar-refractivity contribution in [2.24, 2.45) is 0 Å². The number of carbonyl (C=O) groups excluding carboxylic acids is 3. The number of carbonyl (C=O) groups is 3. The van der Waals surface area contributed by atoms with Crippen LogP contribution < -0.4 is 10.6 Å². The molecule has 1 saturated carbocycles. The number of nitrogens with one attached hydrogen (secondary N) is 2. The van der Waals surface area contributed by atoms with Crippen molar-refractivity contribution in [3.63, 3.8) is 0 Å². The Morgan fingerprint density at radius 2 is 2.05 bits per heavy atom. The first-order valence-corrected chi connectivity index (χ1v) is 8.17. The lowest BCUT2D eigenvalue weighted by atomic mass is 9.98. The lowest BCUT2D eigenvalue weighted by Gasteiger charge is -2.32. The Bertz CT molecular complexity index is 487. The normalized spacial score (nSPS) is 27.6. The maximum absolute atomic E-state index is 12.5. The molecule has 0 bridgehead atoms. The molecule has 2 heterocycles. The highest BCUT2D eigenvalue weighted by Crippen LogP contribution is 2.35. The highest BCUT2D eigenvalue weighted by Gasteiger charge is 2.52. The molecule has 3 fully saturated rings. The molecule has 0 unspecified atom stereocenters. The van der Waals surface area contributed by atoms with E-state index in [1.54, 1.807) is 0 Å². The molecule has 122 valence electrons. The van der Waals surface area contributed by atoms with Crippen LogP contribution in [0.1, 0.15) is 39.0 Å². The highest BCUT2D eigenvalue weighted by molar-refractivity contribution is 6.07. The van der Waals surface area contributed by atoms with Crippen molar-refractivity contribution in [2.45, 2.75) is 50.6 Å². The molecule has 2 aliphatic heterocycles. The van der Waals surface area contributed by atoms with Crippen LogP contribution >= 0.6 is 0 Å². The van der Waals surface area contributed by atoms with Crippen LogP contribution in [0, 0.1) is 0 Å². The molecule has 0 aromatic heterocycles. The first-order chi connectivity index (χ1) is 10.5. The van der Waals surface area contributed by atoms with Gasteiger partial charge in [-0.1, -0.05) is 12.8 Å². The average molecular weight is 308 g/mol. The van der Waals surface area contributed by atoms with Crippen LogP contribution in [-0.4, -0.2) is 65.4 Å². The standard InChI is InChI=1S/C15H24N4O3/c1-11-10-18(9-7-16-11)12(20)4-8-19-13(21)15(17-14(19)22)5-2-3-6-15/h11,16H,2-10H2,1H3,(H,17,22)/t11-/m0/s1. The molecule has 3 aliphatic rings. The van der Waals surface area contributed by atoms with E-state index in [0.717, 1.165) is 32.2 Å². The second kappa shape index (κ2) is 5.87. The van der Waals surface area contributed by atoms with Gasteiger partial charge >= 0.3 is 6.03 Å². The predicted octanol–water partition coefficient (Wildman–Crippen LogP) is 0.0614. The maximum atomic E-state index is 12.5. The van der Waals surface area contributed by atoms with E-state index < -0.39 is 5.54 Å². The summed E-state index contributed by atoms with van der Waals surface area (Å²) in [6.07, 6.45) is 3.59. The Kier molecular flexibility index (Phi) is 4.08. The van der Waals surface area contributed by atoms with Gasteiger partial charge in [0.1, 0.15) is 5.54 Å². The van der Waals surface area contributed by atoms with Crippen LogP contribution in [0.15, 0.2) is 0 Å². The molecule has 1 aliphatic carbocycles. The lowest BCUT2D eigenvalue weighted by Crippen LogP contribution is -2.51. The fraction of sp³-hybridized carbons (Fsp3) is 0.800. The number of hydrogen-bond acceptors (Lipinski definition) is 4. The average Bonchev–Trinajstić information content (AvgIpc) is 3.04. The van der Waals surface area contributed by atoms with Gasteiger partial charge in [0.2, 0.25) is 5.91 Å². The largest absolute Gasteiger partial charge is 0.340 e. The van der Waals surface area contributed by atoms with Gasteiger partial charge in [-0.2, -0.15) is 0 Å². The zero-order chi connectivity index (χ0) is 15.7. The first kappa shape index (κ1) is 15.3. The summed E-state index contributed by atoms with van der Waals surface area (Å²) in [5, 5.41) is 6.13. The summed E-state index contributed by atoms with van der Waals surface area (Å²) in [5.74, 6) is -0.127. The second-order valence-corrected chi connectivity index (χ2v) is 6.62. The third-order valence-electron chi connectivity index (χ3n) is 4.97. The van der Waals surface area contributed by atoms with Crippen LogP contribution in [0.2, 0.25) is 0 Å². The molecule has 4 amide bonds. The minimum absolute atomic E-state index is 0.0151. The quantitative estimate of drug-likeness (QED) is 0.723. The van der Waals surface area contributed by atoms with Crippen molar-refractivity contribution in [3.8, 4) is 0 Å². The molecule has 7 nitrogen and oxygen atoms in total. The van der Waals surface area contributed by atoms with Crippen molar-refractivity contribution in [1.82, 2.24) is 20.4 Å². The molecule has 3 rings (SSSR count). The van der Waals surface area contributed by atoms with E-state index in [-0.39, 0.29) is 36.9 Å². The third-order valence-corrected chi connectivity index (χ3v) is 4.97.